The molecule has 2 fully saturated rings. The summed E-state index contributed by atoms with van der Waals surface area (Å²) in [6.07, 6.45) is 1.00. The predicted molar refractivity (Wildman–Crippen MR) is 102 cm³/mol. The molecule has 3 heterocycles. The summed E-state index contributed by atoms with van der Waals surface area (Å²) in [5, 5.41) is 3.02. The molecule has 1 aromatic heterocycles. The third kappa shape index (κ3) is 5.06. The Morgan fingerprint density at radius 1 is 1.29 bits per heavy atom. The Hall–Kier alpha value is -2.03. The number of carbonyl (C=O) groups excluding carboxylic acids is 2. The first-order valence-corrected chi connectivity index (χ1v) is 9.92. The number of esters is 1. The van der Waals surface area contributed by atoms with Crippen molar-refractivity contribution < 1.29 is 23.8 Å². The van der Waals surface area contributed by atoms with Crippen LogP contribution in [-0.2, 0) is 14.2 Å². The normalized spacial score (nSPS) is 21.3. The van der Waals surface area contributed by atoms with E-state index in [-0.39, 0.29) is 11.9 Å². The van der Waals surface area contributed by atoms with Crippen LogP contribution in [0.4, 0.5) is 0 Å². The van der Waals surface area contributed by atoms with E-state index >= 15 is 0 Å². The molecule has 154 valence electrons. The Morgan fingerprint density at radius 2 is 2.07 bits per heavy atom. The molecule has 1 N–H and O–H groups in total. The molecule has 0 spiro atoms. The van der Waals surface area contributed by atoms with Crippen LogP contribution in [0.2, 0.25) is 0 Å². The van der Waals surface area contributed by atoms with Gasteiger partial charge in [-0.3, -0.25) is 9.69 Å². The minimum absolute atomic E-state index is 0.218. The molecule has 1 amide bonds. The van der Waals surface area contributed by atoms with Crippen LogP contribution >= 0.6 is 0 Å². The van der Waals surface area contributed by atoms with Crippen molar-refractivity contribution in [2.45, 2.75) is 26.3 Å². The standard InChI is InChI=1S/C20H29N3O5/c1-3-28-20(25)16-4-5-17(22-14(16)2)19(24)21-12-18(15-6-9-27-13-15)23-7-10-26-11-8-23/h4-5,15,18H,3,6-13H2,1-2H3,(H,21,24). The molecule has 0 aromatic carbocycles. The molecule has 2 aliphatic rings. The highest BCUT2D eigenvalue weighted by Crippen LogP contribution is 2.22. The third-order valence-electron chi connectivity index (χ3n) is 5.31. The number of amides is 1. The Morgan fingerprint density at radius 3 is 2.71 bits per heavy atom. The van der Waals surface area contributed by atoms with Gasteiger partial charge in [-0.2, -0.15) is 0 Å². The molecule has 8 nitrogen and oxygen atoms in total. The zero-order valence-electron chi connectivity index (χ0n) is 16.6. The van der Waals surface area contributed by atoms with Gasteiger partial charge in [0.05, 0.1) is 37.7 Å². The SMILES string of the molecule is CCOC(=O)c1ccc(C(=O)NCC(C2CCOC2)N2CCOCC2)nc1C. The molecule has 1 aromatic rings. The van der Waals surface area contributed by atoms with Crippen molar-refractivity contribution in [3.63, 3.8) is 0 Å². The molecule has 0 bridgehead atoms. The highest BCUT2D eigenvalue weighted by molar-refractivity contribution is 5.95. The van der Waals surface area contributed by atoms with Crippen LogP contribution in [0.25, 0.3) is 0 Å². The van der Waals surface area contributed by atoms with E-state index in [0.29, 0.717) is 49.2 Å². The van der Waals surface area contributed by atoms with Gasteiger partial charge in [0.25, 0.3) is 5.91 Å². The van der Waals surface area contributed by atoms with Gasteiger partial charge >= 0.3 is 5.97 Å². The summed E-state index contributed by atoms with van der Waals surface area (Å²) in [7, 11) is 0. The van der Waals surface area contributed by atoms with Crippen molar-refractivity contribution in [3.8, 4) is 0 Å². The summed E-state index contributed by atoms with van der Waals surface area (Å²) in [5.74, 6) is -0.261. The van der Waals surface area contributed by atoms with Gasteiger partial charge in [0.2, 0.25) is 0 Å². The lowest BCUT2D eigenvalue weighted by atomic mass is 9.97. The molecule has 2 unspecified atom stereocenters. The van der Waals surface area contributed by atoms with E-state index in [9.17, 15) is 9.59 Å². The second kappa shape index (κ2) is 9.95. The number of rotatable bonds is 7. The lowest BCUT2D eigenvalue weighted by molar-refractivity contribution is 0.00165. The fourth-order valence-electron chi connectivity index (χ4n) is 3.76. The summed E-state index contributed by atoms with van der Waals surface area (Å²) >= 11 is 0. The fourth-order valence-corrected chi connectivity index (χ4v) is 3.76. The Bertz CT molecular complexity index is 684. The van der Waals surface area contributed by atoms with Gasteiger partial charge in [-0.25, -0.2) is 9.78 Å². The summed E-state index contributed by atoms with van der Waals surface area (Å²) < 4.78 is 16.0. The number of nitrogens with zero attached hydrogens (tertiary/aromatic N) is 2. The zero-order chi connectivity index (χ0) is 19.9. The molecular formula is C20H29N3O5. The number of aryl methyl sites for hydroxylation is 1. The van der Waals surface area contributed by atoms with Crippen LogP contribution in [0.3, 0.4) is 0 Å². The number of morpholine rings is 1. The maximum atomic E-state index is 12.6. The zero-order valence-corrected chi connectivity index (χ0v) is 16.6. The molecule has 8 heteroatoms. The van der Waals surface area contributed by atoms with E-state index in [1.165, 1.54) is 0 Å². The van der Waals surface area contributed by atoms with Crippen molar-refractivity contribution in [1.82, 2.24) is 15.2 Å². The van der Waals surface area contributed by atoms with E-state index < -0.39 is 5.97 Å². The van der Waals surface area contributed by atoms with Crippen LogP contribution < -0.4 is 5.32 Å². The van der Waals surface area contributed by atoms with E-state index in [0.717, 1.165) is 32.7 Å². The number of hydrogen-bond donors (Lipinski definition) is 1. The summed E-state index contributed by atoms with van der Waals surface area (Å²) in [4.78, 5) is 31.2. The van der Waals surface area contributed by atoms with Crippen LogP contribution in [0.5, 0.6) is 0 Å². The lowest BCUT2D eigenvalue weighted by Crippen LogP contribution is -2.52. The molecule has 2 atom stereocenters. The van der Waals surface area contributed by atoms with Gasteiger partial charge in [-0.05, 0) is 32.4 Å². The number of hydrogen-bond acceptors (Lipinski definition) is 7. The molecule has 2 aliphatic heterocycles. The average Bonchev–Trinajstić information content (AvgIpc) is 3.23. The number of carbonyl (C=O) groups is 2. The van der Waals surface area contributed by atoms with Gasteiger partial charge in [-0.15, -0.1) is 0 Å². The van der Waals surface area contributed by atoms with E-state index in [1.807, 2.05) is 0 Å². The van der Waals surface area contributed by atoms with Crippen LogP contribution in [0, 0.1) is 12.8 Å². The minimum Gasteiger partial charge on any atom is -0.462 e. The fraction of sp³-hybridized carbons (Fsp3) is 0.650. The number of nitrogens with one attached hydrogen (secondary N) is 1. The number of aromatic nitrogens is 1. The maximum Gasteiger partial charge on any atom is 0.339 e. The van der Waals surface area contributed by atoms with Gasteiger partial charge in [0.1, 0.15) is 5.69 Å². The highest BCUT2D eigenvalue weighted by atomic mass is 16.5. The second-order valence-electron chi connectivity index (χ2n) is 7.10. The minimum atomic E-state index is -0.423. The topological polar surface area (TPSA) is 90.0 Å². The summed E-state index contributed by atoms with van der Waals surface area (Å²) in [6.45, 7) is 8.95. The van der Waals surface area contributed by atoms with Crippen LogP contribution in [0.1, 0.15) is 39.9 Å². The summed E-state index contributed by atoms with van der Waals surface area (Å²) in [5.41, 5.74) is 1.17. The highest BCUT2D eigenvalue weighted by Gasteiger charge is 2.32. The Labute approximate surface area is 165 Å². The van der Waals surface area contributed by atoms with E-state index in [4.69, 9.17) is 14.2 Å². The second-order valence-corrected chi connectivity index (χ2v) is 7.10. The Balaban J connectivity index is 1.63. The summed E-state index contributed by atoms with van der Waals surface area (Å²) in [6, 6.07) is 3.38. The predicted octanol–water partition coefficient (Wildman–Crippen LogP) is 1.03. The molecule has 0 radical (unpaired) electrons. The van der Waals surface area contributed by atoms with E-state index in [1.54, 1.807) is 26.0 Å². The Kier molecular flexibility index (Phi) is 7.36. The molecule has 3 rings (SSSR count). The van der Waals surface area contributed by atoms with E-state index in [2.05, 4.69) is 15.2 Å². The quantitative estimate of drug-likeness (QED) is 0.695. The number of ether oxygens (including phenoxy) is 3. The number of pyridine rings is 1. The van der Waals surface area contributed by atoms with Gasteiger partial charge in [-0.1, -0.05) is 0 Å². The smallest absolute Gasteiger partial charge is 0.339 e. The van der Waals surface area contributed by atoms with Gasteiger partial charge in [0, 0.05) is 38.2 Å². The largest absolute Gasteiger partial charge is 0.462 e. The first kappa shape index (κ1) is 20.7. The average molecular weight is 391 g/mol. The maximum absolute atomic E-state index is 12.6. The lowest BCUT2D eigenvalue weighted by Gasteiger charge is -2.37. The molecule has 2 saturated heterocycles. The van der Waals surface area contributed by atoms with Crippen molar-refractivity contribution in [1.29, 1.82) is 0 Å². The van der Waals surface area contributed by atoms with Crippen LogP contribution in [0.15, 0.2) is 12.1 Å². The third-order valence-corrected chi connectivity index (χ3v) is 5.31. The molecular weight excluding hydrogens is 362 g/mol. The van der Waals surface area contributed by atoms with Gasteiger partial charge < -0.3 is 19.5 Å². The first-order valence-electron chi connectivity index (χ1n) is 9.92. The van der Waals surface area contributed by atoms with Gasteiger partial charge in [0.15, 0.2) is 0 Å². The van der Waals surface area contributed by atoms with Crippen molar-refractivity contribution in [2.75, 3.05) is 52.7 Å². The molecule has 28 heavy (non-hydrogen) atoms. The van der Waals surface area contributed by atoms with Crippen molar-refractivity contribution in [3.05, 3.63) is 29.1 Å². The van der Waals surface area contributed by atoms with Crippen LogP contribution in [-0.4, -0.2) is 80.5 Å². The van der Waals surface area contributed by atoms with Crippen molar-refractivity contribution >= 4 is 11.9 Å². The monoisotopic (exact) mass is 391 g/mol. The van der Waals surface area contributed by atoms with Crippen molar-refractivity contribution in [2.24, 2.45) is 5.92 Å². The molecule has 0 saturated carbocycles. The first-order chi connectivity index (χ1) is 13.6. The molecule has 0 aliphatic carbocycles.